The first-order valence-corrected chi connectivity index (χ1v) is 7.65. The largest absolute Gasteiger partial charge is 0.466 e. The fourth-order valence-electron chi connectivity index (χ4n) is 2.22. The van der Waals surface area contributed by atoms with Gasteiger partial charge in [-0.2, -0.15) is 0 Å². The van der Waals surface area contributed by atoms with Crippen molar-refractivity contribution in [3.8, 4) is 0 Å². The van der Waals surface area contributed by atoms with E-state index in [1.54, 1.807) is 6.92 Å². The maximum Gasteiger partial charge on any atom is 0.311 e. The zero-order valence-electron chi connectivity index (χ0n) is 13.3. The lowest BCUT2D eigenvalue weighted by molar-refractivity contribution is -0.385. The lowest BCUT2D eigenvalue weighted by Gasteiger charge is -2.16. The summed E-state index contributed by atoms with van der Waals surface area (Å²) in [5, 5.41) is 13.7. The average Bonchev–Trinajstić information content (AvgIpc) is 2.60. The number of hydrogen-bond donors (Lipinski definition) is 1. The molecule has 1 aromatic heterocycles. The molecule has 24 heavy (non-hydrogen) atoms. The molecule has 0 aliphatic carbocycles. The minimum Gasteiger partial charge on any atom is -0.466 e. The van der Waals surface area contributed by atoms with Crippen LogP contribution in [0.25, 0.3) is 0 Å². The van der Waals surface area contributed by atoms with Crippen LogP contribution in [-0.4, -0.2) is 29.0 Å². The lowest BCUT2D eigenvalue weighted by Crippen LogP contribution is -2.27. The summed E-state index contributed by atoms with van der Waals surface area (Å²) >= 11 is 0. The minimum atomic E-state index is -0.506. The fraction of sp³-hybridized carbons (Fsp3) is 0.294. The van der Waals surface area contributed by atoms with Crippen LogP contribution in [0.2, 0.25) is 0 Å². The van der Waals surface area contributed by atoms with Crippen molar-refractivity contribution in [3.05, 3.63) is 64.3 Å². The predicted octanol–water partition coefficient (Wildman–Crippen LogP) is 2.82. The number of pyridine rings is 1. The van der Waals surface area contributed by atoms with Gasteiger partial charge in [-0.05, 0) is 25.0 Å². The molecule has 0 saturated heterocycles. The standard InChI is InChI=1S/C17H19N3O4/c1-2-24-17(21)14(10-13-6-4-3-5-7-13)11-18-16-9-8-15(12-19-16)20(22)23/h3-9,12,14H,2,10-11H2,1H3,(H,18,19)/t14-/m0/s1. The summed E-state index contributed by atoms with van der Waals surface area (Å²) < 4.78 is 5.13. The molecule has 0 aliphatic rings. The van der Waals surface area contributed by atoms with E-state index in [4.69, 9.17) is 4.74 Å². The van der Waals surface area contributed by atoms with E-state index in [9.17, 15) is 14.9 Å². The predicted molar refractivity (Wildman–Crippen MR) is 89.7 cm³/mol. The van der Waals surface area contributed by atoms with Gasteiger partial charge in [0.25, 0.3) is 5.69 Å². The summed E-state index contributed by atoms with van der Waals surface area (Å²) in [7, 11) is 0. The van der Waals surface area contributed by atoms with E-state index in [2.05, 4.69) is 10.3 Å². The van der Waals surface area contributed by atoms with Gasteiger partial charge in [0.1, 0.15) is 12.0 Å². The molecule has 7 heteroatoms. The number of anilines is 1. The van der Waals surface area contributed by atoms with Crippen molar-refractivity contribution in [1.29, 1.82) is 0 Å². The first-order chi connectivity index (χ1) is 11.6. The van der Waals surface area contributed by atoms with Gasteiger partial charge in [0.05, 0.1) is 17.4 Å². The molecule has 0 saturated carbocycles. The lowest BCUT2D eigenvalue weighted by atomic mass is 9.99. The van der Waals surface area contributed by atoms with Crippen molar-refractivity contribution < 1.29 is 14.5 Å². The molecule has 1 heterocycles. The highest BCUT2D eigenvalue weighted by molar-refractivity contribution is 5.73. The van der Waals surface area contributed by atoms with Gasteiger partial charge < -0.3 is 10.1 Å². The number of carbonyl (C=O) groups is 1. The molecule has 0 fully saturated rings. The van der Waals surface area contributed by atoms with Gasteiger partial charge in [-0.3, -0.25) is 14.9 Å². The van der Waals surface area contributed by atoms with E-state index in [1.807, 2.05) is 30.3 Å². The molecule has 1 aromatic carbocycles. The van der Waals surface area contributed by atoms with Crippen molar-refractivity contribution in [2.75, 3.05) is 18.5 Å². The van der Waals surface area contributed by atoms with E-state index in [-0.39, 0.29) is 17.6 Å². The third-order valence-corrected chi connectivity index (χ3v) is 3.43. The second kappa shape index (κ2) is 8.61. The van der Waals surface area contributed by atoms with Crippen molar-refractivity contribution in [1.82, 2.24) is 4.98 Å². The Kier molecular flexibility index (Phi) is 6.24. The smallest absolute Gasteiger partial charge is 0.311 e. The number of ether oxygens (including phenoxy) is 1. The van der Waals surface area contributed by atoms with Crippen LogP contribution >= 0.6 is 0 Å². The Bertz CT molecular complexity index is 674. The Morgan fingerprint density at radius 3 is 2.62 bits per heavy atom. The molecular weight excluding hydrogens is 310 g/mol. The molecule has 1 N–H and O–H groups in total. The summed E-state index contributed by atoms with van der Waals surface area (Å²) in [6, 6.07) is 12.6. The average molecular weight is 329 g/mol. The Labute approximate surface area is 139 Å². The summed E-state index contributed by atoms with van der Waals surface area (Å²) in [6.45, 7) is 2.42. The number of aromatic nitrogens is 1. The minimum absolute atomic E-state index is 0.0771. The highest BCUT2D eigenvalue weighted by atomic mass is 16.6. The number of carbonyl (C=O) groups excluding carboxylic acids is 1. The highest BCUT2D eigenvalue weighted by Crippen LogP contribution is 2.15. The van der Waals surface area contributed by atoms with E-state index >= 15 is 0 Å². The van der Waals surface area contributed by atoms with Crippen molar-refractivity contribution >= 4 is 17.5 Å². The third kappa shape index (κ3) is 5.05. The van der Waals surface area contributed by atoms with E-state index in [1.165, 1.54) is 18.3 Å². The zero-order chi connectivity index (χ0) is 17.4. The molecular formula is C17H19N3O4. The molecule has 0 radical (unpaired) electrons. The van der Waals surface area contributed by atoms with Crippen molar-refractivity contribution in [2.24, 2.45) is 5.92 Å². The number of benzene rings is 1. The topological polar surface area (TPSA) is 94.4 Å². The Morgan fingerprint density at radius 2 is 2.04 bits per heavy atom. The van der Waals surface area contributed by atoms with E-state index < -0.39 is 4.92 Å². The molecule has 0 aliphatic heterocycles. The maximum absolute atomic E-state index is 12.1. The van der Waals surface area contributed by atoms with Gasteiger partial charge in [0, 0.05) is 12.6 Å². The Hall–Kier alpha value is -2.96. The SMILES string of the molecule is CCOC(=O)[C@H](CNc1ccc([N+](=O)[O-])cn1)Cc1ccccc1. The second-order valence-electron chi connectivity index (χ2n) is 5.18. The quantitative estimate of drug-likeness (QED) is 0.454. The molecule has 0 bridgehead atoms. The van der Waals surface area contributed by atoms with E-state index in [0.29, 0.717) is 25.4 Å². The molecule has 2 rings (SSSR count). The molecule has 0 unspecified atom stereocenters. The zero-order valence-corrected chi connectivity index (χ0v) is 13.3. The Balaban J connectivity index is 2.01. The van der Waals surface area contributed by atoms with Gasteiger partial charge in [-0.1, -0.05) is 30.3 Å². The van der Waals surface area contributed by atoms with Crippen molar-refractivity contribution in [2.45, 2.75) is 13.3 Å². The second-order valence-corrected chi connectivity index (χ2v) is 5.18. The number of nitrogens with one attached hydrogen (secondary N) is 1. The van der Waals surface area contributed by atoms with Crippen LogP contribution in [0, 0.1) is 16.0 Å². The van der Waals surface area contributed by atoms with E-state index in [0.717, 1.165) is 5.56 Å². The Morgan fingerprint density at radius 1 is 1.29 bits per heavy atom. The van der Waals surface area contributed by atoms with Gasteiger partial charge in [0.2, 0.25) is 0 Å². The van der Waals surface area contributed by atoms with Crippen LogP contribution in [0.1, 0.15) is 12.5 Å². The molecule has 126 valence electrons. The number of nitro groups is 1. The van der Waals surface area contributed by atoms with Gasteiger partial charge in [-0.15, -0.1) is 0 Å². The molecule has 0 amide bonds. The van der Waals surface area contributed by atoms with Gasteiger partial charge >= 0.3 is 5.97 Å². The highest BCUT2D eigenvalue weighted by Gasteiger charge is 2.20. The number of rotatable bonds is 8. The summed E-state index contributed by atoms with van der Waals surface area (Å²) in [5.41, 5.74) is 0.959. The molecule has 7 nitrogen and oxygen atoms in total. The van der Waals surface area contributed by atoms with Gasteiger partial charge in [0.15, 0.2) is 0 Å². The first-order valence-electron chi connectivity index (χ1n) is 7.65. The fourth-order valence-corrected chi connectivity index (χ4v) is 2.22. The van der Waals surface area contributed by atoms with Crippen molar-refractivity contribution in [3.63, 3.8) is 0 Å². The van der Waals surface area contributed by atoms with Crippen LogP contribution in [0.4, 0.5) is 11.5 Å². The summed E-state index contributed by atoms with van der Waals surface area (Å²) in [5.74, 6) is -0.178. The molecule has 2 aromatic rings. The van der Waals surface area contributed by atoms with Gasteiger partial charge in [-0.25, -0.2) is 4.98 Å². The normalized spacial score (nSPS) is 11.5. The molecule has 0 spiro atoms. The first kappa shape index (κ1) is 17.4. The van der Waals surface area contributed by atoms with Crippen LogP contribution in [-0.2, 0) is 16.0 Å². The van der Waals surface area contributed by atoms with Crippen LogP contribution in [0.3, 0.4) is 0 Å². The molecule has 1 atom stereocenters. The number of hydrogen-bond acceptors (Lipinski definition) is 6. The van der Waals surface area contributed by atoms with Crippen LogP contribution < -0.4 is 5.32 Å². The summed E-state index contributed by atoms with van der Waals surface area (Å²) in [4.78, 5) is 26.2. The van der Waals surface area contributed by atoms with Crippen LogP contribution in [0.15, 0.2) is 48.7 Å². The third-order valence-electron chi connectivity index (χ3n) is 3.43. The monoisotopic (exact) mass is 329 g/mol. The summed E-state index contributed by atoms with van der Waals surface area (Å²) in [6.07, 6.45) is 1.72. The maximum atomic E-state index is 12.1. The van der Waals surface area contributed by atoms with Crippen LogP contribution in [0.5, 0.6) is 0 Å². The number of nitrogens with zero attached hydrogens (tertiary/aromatic N) is 2. The number of esters is 1.